The van der Waals surface area contributed by atoms with Crippen molar-refractivity contribution < 1.29 is 31.9 Å². The molecule has 11 heteroatoms. The third-order valence-corrected chi connectivity index (χ3v) is 5.94. The Balaban J connectivity index is 1.57. The van der Waals surface area contributed by atoms with Crippen LogP contribution in [-0.4, -0.2) is 33.3 Å². The van der Waals surface area contributed by atoms with Crippen molar-refractivity contribution >= 4 is 17.1 Å². The number of fused-ring (bicyclic) bond motifs is 1. The quantitative estimate of drug-likeness (QED) is 0.396. The molecule has 1 aliphatic rings. The first kappa shape index (κ1) is 23.9. The largest absolute Gasteiger partial charge is 0.416 e. The number of H-pyrrole nitrogens is 1. The third kappa shape index (κ3) is 5.64. The maximum atomic E-state index is 14.5. The number of nitrogens with one attached hydrogen (secondary N) is 3. The number of carbonyl (C=O) groups is 1. The Kier molecular flexibility index (Phi) is 6.74. The average molecular weight is 482 g/mol. The number of halogens is 5. The molecule has 0 spiro atoms. The zero-order valence-electron chi connectivity index (χ0n) is 17.9. The van der Waals surface area contributed by atoms with Crippen molar-refractivity contribution in [1.29, 1.82) is 0 Å². The van der Waals surface area contributed by atoms with Gasteiger partial charge in [-0.1, -0.05) is 6.07 Å². The van der Waals surface area contributed by atoms with E-state index < -0.39 is 41.6 Å². The van der Waals surface area contributed by atoms with Gasteiger partial charge in [-0.2, -0.15) is 13.2 Å². The number of rotatable bonds is 5. The second-order valence-electron chi connectivity index (χ2n) is 8.47. The van der Waals surface area contributed by atoms with Crippen LogP contribution in [0.25, 0.3) is 11.0 Å². The number of amides is 2. The number of urea groups is 1. The number of benzene rings is 2. The number of nitrogens with zero attached hydrogens (tertiary/aromatic N) is 1. The molecule has 1 atom stereocenters. The van der Waals surface area contributed by atoms with Crippen LogP contribution in [0.2, 0.25) is 0 Å². The first-order valence-corrected chi connectivity index (χ1v) is 10.8. The SMILES string of the molecule is O=C(NC1CCC(O)CC1)N[C@H](Cc1ccc(C(F)(F)F)cc1F)c1nc2cc(F)ccc2[nH]1. The van der Waals surface area contributed by atoms with Crippen molar-refractivity contribution in [2.45, 2.75) is 56.5 Å². The summed E-state index contributed by atoms with van der Waals surface area (Å²) < 4.78 is 66.8. The fourth-order valence-corrected chi connectivity index (χ4v) is 4.09. The van der Waals surface area contributed by atoms with Crippen LogP contribution < -0.4 is 10.6 Å². The van der Waals surface area contributed by atoms with E-state index in [9.17, 15) is 31.9 Å². The number of hydrogen-bond acceptors (Lipinski definition) is 3. The van der Waals surface area contributed by atoms with Gasteiger partial charge >= 0.3 is 12.2 Å². The predicted molar refractivity (Wildman–Crippen MR) is 114 cm³/mol. The normalized spacial score (nSPS) is 19.7. The number of imidazole rings is 1. The molecule has 0 saturated heterocycles. The average Bonchev–Trinajstić information content (AvgIpc) is 3.18. The van der Waals surface area contributed by atoms with Crippen LogP contribution in [0.15, 0.2) is 36.4 Å². The topological polar surface area (TPSA) is 90.0 Å². The molecule has 3 aromatic rings. The highest BCUT2D eigenvalue weighted by Crippen LogP contribution is 2.31. The molecule has 0 radical (unpaired) electrons. The van der Waals surface area contributed by atoms with Crippen molar-refractivity contribution in [1.82, 2.24) is 20.6 Å². The van der Waals surface area contributed by atoms with E-state index in [1.165, 1.54) is 18.2 Å². The summed E-state index contributed by atoms with van der Waals surface area (Å²) in [7, 11) is 0. The van der Waals surface area contributed by atoms with Gasteiger partial charge in [0.15, 0.2) is 0 Å². The lowest BCUT2D eigenvalue weighted by Gasteiger charge is -2.27. The second-order valence-corrected chi connectivity index (χ2v) is 8.47. The molecule has 6 nitrogen and oxygen atoms in total. The van der Waals surface area contributed by atoms with E-state index >= 15 is 0 Å². The molecule has 0 aliphatic heterocycles. The smallest absolute Gasteiger partial charge is 0.393 e. The summed E-state index contributed by atoms with van der Waals surface area (Å²) in [5.74, 6) is -1.37. The summed E-state index contributed by atoms with van der Waals surface area (Å²) in [5.41, 5.74) is -0.394. The number of aliphatic hydroxyl groups excluding tert-OH is 1. The number of alkyl halides is 3. The lowest BCUT2D eigenvalue weighted by atomic mass is 9.93. The molecule has 4 rings (SSSR count). The Morgan fingerprint density at radius 1 is 1.12 bits per heavy atom. The highest BCUT2D eigenvalue weighted by molar-refractivity contribution is 5.76. The molecule has 4 N–H and O–H groups in total. The van der Waals surface area contributed by atoms with E-state index in [4.69, 9.17) is 0 Å². The molecule has 2 aromatic carbocycles. The molecule has 34 heavy (non-hydrogen) atoms. The van der Waals surface area contributed by atoms with Crippen LogP contribution in [0.5, 0.6) is 0 Å². The van der Waals surface area contributed by atoms with Gasteiger partial charge in [-0.3, -0.25) is 0 Å². The molecule has 0 unspecified atom stereocenters. The van der Waals surface area contributed by atoms with Crippen molar-refractivity contribution in [2.75, 3.05) is 0 Å². The van der Waals surface area contributed by atoms with Crippen LogP contribution in [0.4, 0.5) is 26.7 Å². The Hall–Kier alpha value is -3.21. The minimum absolute atomic E-state index is 0.0503. The van der Waals surface area contributed by atoms with Crippen LogP contribution in [-0.2, 0) is 12.6 Å². The highest BCUT2D eigenvalue weighted by Gasteiger charge is 2.32. The van der Waals surface area contributed by atoms with E-state index in [0.29, 0.717) is 37.3 Å². The minimum Gasteiger partial charge on any atom is -0.393 e. The Bertz CT molecular complexity index is 1170. The van der Waals surface area contributed by atoms with E-state index in [0.717, 1.165) is 12.1 Å². The molecule has 182 valence electrons. The zero-order chi connectivity index (χ0) is 24.5. The van der Waals surface area contributed by atoms with E-state index in [-0.39, 0.29) is 29.4 Å². The van der Waals surface area contributed by atoms with Gasteiger partial charge in [0.05, 0.1) is 28.7 Å². The van der Waals surface area contributed by atoms with Gasteiger partial charge in [0.25, 0.3) is 0 Å². The molecule has 1 aliphatic carbocycles. The predicted octanol–water partition coefficient (Wildman–Crippen LogP) is 4.75. The van der Waals surface area contributed by atoms with Crippen molar-refractivity contribution in [3.8, 4) is 0 Å². The maximum absolute atomic E-state index is 14.5. The van der Waals surface area contributed by atoms with Gasteiger partial charge in [-0.15, -0.1) is 0 Å². The summed E-state index contributed by atoms with van der Waals surface area (Å²) in [6.07, 6.45) is -2.97. The number of carbonyl (C=O) groups excluding carboxylic acids is 1. The number of aromatic nitrogens is 2. The standard InChI is InChI=1S/C23H23F5N4O2/c24-14-3-8-18-19(11-14)31-21(30-18)20(32-22(34)29-15-4-6-16(33)7-5-15)9-12-1-2-13(10-17(12)25)23(26,27)28/h1-3,8,10-11,15-16,20,33H,4-7,9H2,(H,30,31)(H2,29,32,34)/t15?,16?,20-/m1/s1. The first-order chi connectivity index (χ1) is 16.1. The molecule has 1 saturated carbocycles. The molecule has 2 amide bonds. The van der Waals surface area contributed by atoms with Crippen molar-refractivity contribution in [3.05, 3.63) is 65.0 Å². The van der Waals surface area contributed by atoms with Crippen molar-refractivity contribution in [3.63, 3.8) is 0 Å². The van der Waals surface area contributed by atoms with Crippen molar-refractivity contribution in [2.24, 2.45) is 0 Å². The van der Waals surface area contributed by atoms with Gasteiger partial charge in [0.2, 0.25) is 0 Å². The van der Waals surface area contributed by atoms with Gasteiger partial charge < -0.3 is 20.7 Å². The molecule has 0 bridgehead atoms. The molecular weight excluding hydrogens is 459 g/mol. The minimum atomic E-state index is -4.69. The molecule has 1 aromatic heterocycles. The Morgan fingerprint density at radius 2 is 1.85 bits per heavy atom. The first-order valence-electron chi connectivity index (χ1n) is 10.8. The molecular formula is C23H23F5N4O2. The highest BCUT2D eigenvalue weighted by atomic mass is 19.4. The maximum Gasteiger partial charge on any atom is 0.416 e. The fourth-order valence-electron chi connectivity index (χ4n) is 4.09. The summed E-state index contributed by atoms with van der Waals surface area (Å²) >= 11 is 0. The Labute approximate surface area is 191 Å². The molecule has 1 fully saturated rings. The lowest BCUT2D eigenvalue weighted by molar-refractivity contribution is -0.137. The zero-order valence-corrected chi connectivity index (χ0v) is 17.9. The summed E-state index contributed by atoms with van der Waals surface area (Å²) in [6.45, 7) is 0. The fraction of sp³-hybridized carbons (Fsp3) is 0.391. The van der Waals surface area contributed by atoms with E-state index in [2.05, 4.69) is 20.6 Å². The molecule has 1 heterocycles. The van der Waals surface area contributed by atoms with Crippen LogP contribution in [0, 0.1) is 11.6 Å². The van der Waals surface area contributed by atoms with E-state index in [1.54, 1.807) is 0 Å². The third-order valence-electron chi connectivity index (χ3n) is 5.94. The van der Waals surface area contributed by atoms with Crippen LogP contribution >= 0.6 is 0 Å². The van der Waals surface area contributed by atoms with Gasteiger partial charge in [0.1, 0.15) is 17.5 Å². The van der Waals surface area contributed by atoms with Gasteiger partial charge in [-0.25, -0.2) is 18.6 Å². The van der Waals surface area contributed by atoms with Crippen LogP contribution in [0.1, 0.15) is 48.7 Å². The van der Waals surface area contributed by atoms with Gasteiger partial charge in [0, 0.05) is 18.5 Å². The van der Waals surface area contributed by atoms with E-state index in [1.807, 2.05) is 0 Å². The summed E-state index contributed by atoms with van der Waals surface area (Å²) in [5, 5.41) is 15.1. The van der Waals surface area contributed by atoms with Crippen LogP contribution in [0.3, 0.4) is 0 Å². The number of hydrogen-bond donors (Lipinski definition) is 4. The van der Waals surface area contributed by atoms with Gasteiger partial charge in [-0.05, 0) is 55.5 Å². The lowest BCUT2D eigenvalue weighted by Crippen LogP contribution is -2.45. The number of aromatic amines is 1. The number of aliphatic hydroxyl groups is 1. The summed E-state index contributed by atoms with van der Waals surface area (Å²) in [4.78, 5) is 19.9. The summed E-state index contributed by atoms with van der Waals surface area (Å²) in [6, 6.07) is 4.44. The Morgan fingerprint density at radius 3 is 2.53 bits per heavy atom. The monoisotopic (exact) mass is 482 g/mol. The second kappa shape index (κ2) is 9.57.